The van der Waals surface area contributed by atoms with Crippen LogP contribution in [0.15, 0.2) is 24.5 Å². The summed E-state index contributed by atoms with van der Waals surface area (Å²) in [6, 6.07) is 4.13. The lowest BCUT2D eigenvalue weighted by Crippen LogP contribution is -2.43. The van der Waals surface area contributed by atoms with E-state index in [1.54, 1.807) is 0 Å². The van der Waals surface area contributed by atoms with E-state index in [2.05, 4.69) is 41.3 Å². The Morgan fingerprint density at radius 2 is 2.00 bits per heavy atom. The summed E-state index contributed by atoms with van der Waals surface area (Å²) in [6.07, 6.45) is 6.82. The summed E-state index contributed by atoms with van der Waals surface area (Å²) >= 11 is 0. The predicted octanol–water partition coefficient (Wildman–Crippen LogP) is 1.31. The van der Waals surface area contributed by atoms with Gasteiger partial charge in [-0.1, -0.05) is 0 Å². The van der Waals surface area contributed by atoms with Gasteiger partial charge >= 0.3 is 0 Å². The van der Waals surface area contributed by atoms with E-state index in [-0.39, 0.29) is 12.1 Å². The Balaban J connectivity index is 2.20. The second kappa shape index (κ2) is 8.25. The summed E-state index contributed by atoms with van der Waals surface area (Å²) in [4.78, 5) is 6.36. The van der Waals surface area contributed by atoms with Gasteiger partial charge in [-0.2, -0.15) is 0 Å². The van der Waals surface area contributed by atoms with Crippen molar-refractivity contribution in [1.82, 2.24) is 15.2 Å². The molecule has 0 spiro atoms. The number of likely N-dealkylation sites (N-methyl/N-ethyl adjacent to an activating group) is 2. The first-order chi connectivity index (χ1) is 9.09. The molecule has 0 saturated carbocycles. The zero-order valence-corrected chi connectivity index (χ0v) is 12.4. The highest BCUT2D eigenvalue weighted by Gasteiger charge is 2.19. The average molecular weight is 265 g/mol. The Morgan fingerprint density at radius 3 is 2.58 bits per heavy atom. The molecule has 1 rings (SSSR count). The molecule has 2 N–H and O–H groups in total. The molecular weight excluding hydrogens is 238 g/mol. The van der Waals surface area contributed by atoms with Gasteiger partial charge in [0.05, 0.1) is 6.61 Å². The highest BCUT2D eigenvalue weighted by molar-refractivity contribution is 5.09. The lowest BCUT2D eigenvalue weighted by molar-refractivity contribution is 0.166. The van der Waals surface area contributed by atoms with Crippen LogP contribution in [0.25, 0.3) is 0 Å². The van der Waals surface area contributed by atoms with Gasteiger partial charge in [-0.3, -0.25) is 4.98 Å². The number of hydrogen-bond acceptors (Lipinski definition) is 4. The molecule has 1 unspecified atom stereocenters. The van der Waals surface area contributed by atoms with Gasteiger partial charge in [-0.15, -0.1) is 0 Å². The molecule has 0 bridgehead atoms. The standard InChI is InChI=1S/C15H27N3O/c1-15(13-19,16-2)8-4-11-18(3)12-7-14-5-9-17-10-6-14/h5-6,9-10,16,19H,4,7-8,11-13H2,1-3H3. The van der Waals surface area contributed by atoms with Crippen molar-refractivity contribution >= 4 is 0 Å². The van der Waals surface area contributed by atoms with Crippen molar-refractivity contribution in [3.05, 3.63) is 30.1 Å². The van der Waals surface area contributed by atoms with Crippen molar-refractivity contribution in [2.75, 3.05) is 33.8 Å². The third-order valence-corrected chi connectivity index (χ3v) is 3.75. The fourth-order valence-electron chi connectivity index (χ4n) is 2.00. The van der Waals surface area contributed by atoms with Crippen LogP contribution >= 0.6 is 0 Å². The van der Waals surface area contributed by atoms with Crippen LogP contribution in [0.1, 0.15) is 25.3 Å². The van der Waals surface area contributed by atoms with Crippen molar-refractivity contribution in [3.63, 3.8) is 0 Å². The van der Waals surface area contributed by atoms with E-state index in [0.717, 1.165) is 32.4 Å². The fourth-order valence-corrected chi connectivity index (χ4v) is 2.00. The smallest absolute Gasteiger partial charge is 0.0610 e. The van der Waals surface area contributed by atoms with Gasteiger partial charge in [0.1, 0.15) is 0 Å². The summed E-state index contributed by atoms with van der Waals surface area (Å²) in [6.45, 7) is 4.36. The van der Waals surface area contributed by atoms with Gasteiger partial charge in [-0.05, 0) is 64.5 Å². The first-order valence-electron chi connectivity index (χ1n) is 6.97. The largest absolute Gasteiger partial charge is 0.394 e. The Morgan fingerprint density at radius 1 is 1.32 bits per heavy atom. The predicted molar refractivity (Wildman–Crippen MR) is 79.2 cm³/mol. The van der Waals surface area contributed by atoms with Gasteiger partial charge < -0.3 is 15.3 Å². The zero-order valence-electron chi connectivity index (χ0n) is 12.4. The third-order valence-electron chi connectivity index (χ3n) is 3.75. The molecule has 108 valence electrons. The highest BCUT2D eigenvalue weighted by Crippen LogP contribution is 2.11. The van der Waals surface area contributed by atoms with Crippen molar-refractivity contribution in [2.45, 2.75) is 31.7 Å². The monoisotopic (exact) mass is 265 g/mol. The Bertz CT molecular complexity index is 339. The molecule has 1 aromatic heterocycles. The molecule has 0 aliphatic carbocycles. The summed E-state index contributed by atoms with van der Waals surface area (Å²) in [5, 5.41) is 12.5. The Labute approximate surface area is 116 Å². The van der Waals surface area contributed by atoms with Crippen molar-refractivity contribution in [1.29, 1.82) is 0 Å². The zero-order chi connectivity index (χ0) is 14.1. The molecular formula is C15H27N3O. The molecule has 0 aromatic carbocycles. The average Bonchev–Trinajstić information content (AvgIpc) is 2.46. The molecule has 4 nitrogen and oxygen atoms in total. The van der Waals surface area contributed by atoms with Gasteiger partial charge in [0.25, 0.3) is 0 Å². The molecule has 19 heavy (non-hydrogen) atoms. The maximum absolute atomic E-state index is 9.32. The van der Waals surface area contributed by atoms with Gasteiger partial charge in [-0.25, -0.2) is 0 Å². The van der Waals surface area contributed by atoms with Crippen molar-refractivity contribution in [2.24, 2.45) is 0 Å². The third kappa shape index (κ3) is 6.14. The number of aliphatic hydroxyl groups excluding tert-OH is 1. The first-order valence-corrected chi connectivity index (χ1v) is 6.97. The molecule has 1 heterocycles. The van der Waals surface area contributed by atoms with E-state index in [4.69, 9.17) is 0 Å². The van der Waals surface area contributed by atoms with Crippen LogP contribution in [0, 0.1) is 0 Å². The van der Waals surface area contributed by atoms with Crippen LogP contribution in [0.3, 0.4) is 0 Å². The fraction of sp³-hybridized carbons (Fsp3) is 0.667. The quantitative estimate of drug-likeness (QED) is 0.707. The minimum atomic E-state index is -0.147. The number of nitrogens with one attached hydrogen (secondary N) is 1. The number of nitrogens with zero attached hydrogens (tertiary/aromatic N) is 2. The minimum Gasteiger partial charge on any atom is -0.394 e. The Hall–Kier alpha value is -0.970. The molecule has 0 fully saturated rings. The Kier molecular flexibility index (Phi) is 6.99. The molecule has 1 aromatic rings. The number of rotatable bonds is 9. The minimum absolute atomic E-state index is 0.147. The molecule has 0 saturated heterocycles. The van der Waals surface area contributed by atoms with E-state index in [1.165, 1.54) is 5.56 Å². The molecule has 0 radical (unpaired) electrons. The number of aliphatic hydroxyl groups is 1. The van der Waals surface area contributed by atoms with E-state index in [1.807, 2.05) is 19.4 Å². The summed E-state index contributed by atoms with van der Waals surface area (Å²) in [5.74, 6) is 0. The second-order valence-electron chi connectivity index (χ2n) is 5.48. The molecule has 4 heteroatoms. The van der Waals surface area contributed by atoms with E-state index >= 15 is 0 Å². The van der Waals surface area contributed by atoms with E-state index in [9.17, 15) is 5.11 Å². The molecule has 1 atom stereocenters. The topological polar surface area (TPSA) is 48.4 Å². The van der Waals surface area contributed by atoms with Crippen LogP contribution < -0.4 is 5.32 Å². The second-order valence-corrected chi connectivity index (χ2v) is 5.48. The first kappa shape index (κ1) is 16.1. The van der Waals surface area contributed by atoms with E-state index in [0.29, 0.717) is 0 Å². The summed E-state index contributed by atoms with van der Waals surface area (Å²) < 4.78 is 0. The van der Waals surface area contributed by atoms with Gasteiger partial charge in [0, 0.05) is 24.5 Å². The van der Waals surface area contributed by atoms with Crippen LogP contribution in [0.2, 0.25) is 0 Å². The summed E-state index contributed by atoms with van der Waals surface area (Å²) in [7, 11) is 4.06. The maximum atomic E-state index is 9.32. The van der Waals surface area contributed by atoms with Crippen LogP contribution in [0.5, 0.6) is 0 Å². The number of hydrogen-bond donors (Lipinski definition) is 2. The normalized spacial score (nSPS) is 14.6. The maximum Gasteiger partial charge on any atom is 0.0610 e. The van der Waals surface area contributed by atoms with E-state index < -0.39 is 0 Å². The summed E-state index contributed by atoms with van der Waals surface area (Å²) in [5.41, 5.74) is 1.18. The van der Waals surface area contributed by atoms with Crippen LogP contribution in [-0.2, 0) is 6.42 Å². The van der Waals surface area contributed by atoms with Crippen molar-refractivity contribution in [3.8, 4) is 0 Å². The number of pyridine rings is 1. The van der Waals surface area contributed by atoms with Gasteiger partial charge in [0.15, 0.2) is 0 Å². The lowest BCUT2D eigenvalue weighted by atomic mass is 9.97. The van der Waals surface area contributed by atoms with Gasteiger partial charge in [0.2, 0.25) is 0 Å². The molecule has 0 aliphatic heterocycles. The molecule has 0 amide bonds. The van der Waals surface area contributed by atoms with Crippen molar-refractivity contribution < 1.29 is 5.11 Å². The molecule has 0 aliphatic rings. The van der Waals surface area contributed by atoms with Crippen LogP contribution in [0.4, 0.5) is 0 Å². The van der Waals surface area contributed by atoms with Crippen LogP contribution in [-0.4, -0.2) is 54.3 Å². The lowest BCUT2D eigenvalue weighted by Gasteiger charge is -2.27. The SMILES string of the molecule is CNC(C)(CO)CCCN(C)CCc1ccncc1. The number of aromatic nitrogens is 1. The highest BCUT2D eigenvalue weighted by atomic mass is 16.3.